The molecule has 1 aromatic carbocycles. The Bertz CT molecular complexity index is 778. The fourth-order valence-corrected chi connectivity index (χ4v) is 5.54. The van der Waals surface area contributed by atoms with E-state index in [0.717, 1.165) is 23.4 Å². The number of benzene rings is 1. The van der Waals surface area contributed by atoms with E-state index in [1.54, 1.807) is 0 Å². The molecule has 6 heteroatoms. The van der Waals surface area contributed by atoms with E-state index in [9.17, 15) is 9.90 Å². The van der Waals surface area contributed by atoms with Gasteiger partial charge >= 0.3 is 0 Å². The summed E-state index contributed by atoms with van der Waals surface area (Å²) in [5.41, 5.74) is 1.77. The highest BCUT2D eigenvalue weighted by Crippen LogP contribution is 2.56. The van der Waals surface area contributed by atoms with Gasteiger partial charge in [-0.05, 0) is 24.5 Å². The average Bonchev–Trinajstić information content (AvgIpc) is 3.00. The maximum atomic E-state index is 13.4. The van der Waals surface area contributed by atoms with Crippen molar-refractivity contribution in [1.82, 2.24) is 0 Å². The molecule has 4 bridgehead atoms. The smallest absolute Gasteiger partial charge is 0.264 e. The van der Waals surface area contributed by atoms with Crippen LogP contribution in [-0.4, -0.2) is 48.7 Å². The zero-order chi connectivity index (χ0) is 17.3. The van der Waals surface area contributed by atoms with Gasteiger partial charge in [-0.3, -0.25) is 14.6 Å². The number of nitrogens with zero attached hydrogens (tertiary/aromatic N) is 2. The number of hydrogen-bond donors (Lipinski definition) is 1. The summed E-state index contributed by atoms with van der Waals surface area (Å²) in [6.45, 7) is 2.63. The molecule has 2 saturated heterocycles. The highest BCUT2D eigenvalue weighted by Gasteiger charge is 2.67. The van der Waals surface area contributed by atoms with Gasteiger partial charge in [0.05, 0.1) is 31.5 Å². The second-order valence-electron chi connectivity index (χ2n) is 7.45. The Labute approximate surface area is 146 Å². The summed E-state index contributed by atoms with van der Waals surface area (Å²) in [5, 5.41) is 12.5. The van der Waals surface area contributed by atoms with E-state index < -0.39 is 17.6 Å². The van der Waals surface area contributed by atoms with Crippen molar-refractivity contribution in [2.75, 3.05) is 18.8 Å². The minimum absolute atomic E-state index is 0.00434. The van der Waals surface area contributed by atoms with Crippen molar-refractivity contribution in [2.45, 2.75) is 43.4 Å². The standard InChI is InChI=1S/C19H22N2O4/c1-3-12-15-10-9-25-17(16(15)22)19(8-13(10)20-12)11-6-4-5-7-14(11)21(24-2)18(19)23/h4-7,10,13,15-17,22H,3,8-9H2,1-2H3/t10-,13+,15-,16+,17-,19+/m1/s1. The van der Waals surface area contributed by atoms with Crippen molar-refractivity contribution in [3.8, 4) is 0 Å². The lowest BCUT2D eigenvalue weighted by molar-refractivity contribution is -0.152. The van der Waals surface area contributed by atoms with E-state index >= 15 is 0 Å². The minimum Gasteiger partial charge on any atom is -0.390 e. The highest BCUT2D eigenvalue weighted by atomic mass is 16.7. The van der Waals surface area contributed by atoms with Crippen LogP contribution in [0.5, 0.6) is 0 Å². The van der Waals surface area contributed by atoms with Crippen LogP contribution in [0.1, 0.15) is 25.3 Å². The molecule has 6 rings (SSSR count). The van der Waals surface area contributed by atoms with Gasteiger partial charge in [-0.2, -0.15) is 5.06 Å². The van der Waals surface area contributed by atoms with Gasteiger partial charge in [0.15, 0.2) is 0 Å². The van der Waals surface area contributed by atoms with E-state index in [-0.39, 0.29) is 23.8 Å². The zero-order valence-electron chi connectivity index (χ0n) is 14.4. The van der Waals surface area contributed by atoms with Crippen molar-refractivity contribution in [3.63, 3.8) is 0 Å². The number of ether oxygens (including phenoxy) is 1. The van der Waals surface area contributed by atoms with Gasteiger partial charge in [-0.1, -0.05) is 25.1 Å². The molecule has 1 amide bonds. The summed E-state index contributed by atoms with van der Waals surface area (Å²) in [6.07, 6.45) is 0.113. The average molecular weight is 342 g/mol. The maximum absolute atomic E-state index is 13.4. The van der Waals surface area contributed by atoms with E-state index in [1.807, 2.05) is 24.3 Å². The molecule has 1 saturated carbocycles. The second kappa shape index (κ2) is 5.13. The van der Waals surface area contributed by atoms with Crippen molar-refractivity contribution in [2.24, 2.45) is 16.8 Å². The first-order chi connectivity index (χ1) is 12.1. The SMILES string of the molecule is CCC1=N[C@H]2C[C@@]3(C(=O)N(OC)c4ccccc43)[C@@H]3OC[C@H]2[C@H]1[C@@H]3O. The monoisotopic (exact) mass is 342 g/mol. The summed E-state index contributed by atoms with van der Waals surface area (Å²) in [7, 11) is 1.50. The van der Waals surface area contributed by atoms with Crippen LogP contribution in [0.25, 0.3) is 0 Å². The van der Waals surface area contributed by atoms with E-state index in [1.165, 1.54) is 12.2 Å². The number of aliphatic imine (C=N–C) groups is 1. The summed E-state index contributed by atoms with van der Waals surface area (Å²) >= 11 is 0. The lowest BCUT2D eigenvalue weighted by Gasteiger charge is -2.42. The molecule has 0 radical (unpaired) electrons. The molecular weight excluding hydrogens is 320 g/mol. The van der Waals surface area contributed by atoms with Gasteiger partial charge in [0.25, 0.3) is 5.91 Å². The maximum Gasteiger partial charge on any atom is 0.264 e. The Morgan fingerprint density at radius 1 is 1.44 bits per heavy atom. The predicted molar refractivity (Wildman–Crippen MR) is 91.5 cm³/mol. The molecule has 132 valence electrons. The molecule has 1 spiro atoms. The van der Waals surface area contributed by atoms with Crippen LogP contribution < -0.4 is 5.06 Å². The number of para-hydroxylation sites is 1. The molecule has 6 nitrogen and oxygen atoms in total. The quantitative estimate of drug-likeness (QED) is 0.883. The number of aliphatic hydroxyl groups is 1. The van der Waals surface area contributed by atoms with Crippen LogP contribution in [0.15, 0.2) is 29.3 Å². The fourth-order valence-electron chi connectivity index (χ4n) is 5.54. The number of carbonyl (C=O) groups excluding carboxylic acids is 1. The Kier molecular flexibility index (Phi) is 3.18. The van der Waals surface area contributed by atoms with Crippen molar-refractivity contribution >= 4 is 17.3 Å². The topological polar surface area (TPSA) is 71.4 Å². The third kappa shape index (κ3) is 1.70. The highest BCUT2D eigenvalue weighted by molar-refractivity contribution is 6.07. The molecule has 1 aliphatic carbocycles. The van der Waals surface area contributed by atoms with Crippen molar-refractivity contribution < 1.29 is 19.5 Å². The molecule has 5 aliphatic rings. The molecule has 25 heavy (non-hydrogen) atoms. The minimum atomic E-state index is -0.928. The molecule has 4 aliphatic heterocycles. The molecule has 1 N–H and O–H groups in total. The molecular formula is C19H22N2O4. The lowest BCUT2D eigenvalue weighted by Crippen LogP contribution is -2.58. The van der Waals surface area contributed by atoms with Gasteiger partial charge < -0.3 is 9.84 Å². The van der Waals surface area contributed by atoms with Crippen LogP contribution in [0, 0.1) is 11.8 Å². The summed E-state index contributed by atoms with van der Waals surface area (Å²) in [6, 6.07) is 7.67. The Morgan fingerprint density at radius 3 is 3.00 bits per heavy atom. The fraction of sp³-hybridized carbons (Fsp3) is 0.579. The van der Waals surface area contributed by atoms with Gasteiger partial charge in [-0.25, -0.2) is 0 Å². The molecule has 3 fully saturated rings. The normalized spacial score (nSPS) is 41.2. The van der Waals surface area contributed by atoms with Gasteiger partial charge in [0.2, 0.25) is 0 Å². The number of rotatable bonds is 2. The summed E-state index contributed by atoms with van der Waals surface area (Å²) in [4.78, 5) is 23.7. The third-order valence-electron chi connectivity index (χ3n) is 6.55. The van der Waals surface area contributed by atoms with Crippen molar-refractivity contribution in [1.29, 1.82) is 0 Å². The number of anilines is 1. The van der Waals surface area contributed by atoms with E-state index in [2.05, 4.69) is 6.92 Å². The third-order valence-corrected chi connectivity index (χ3v) is 6.55. The first-order valence-electron chi connectivity index (χ1n) is 8.98. The Hall–Kier alpha value is -1.76. The lowest BCUT2D eigenvalue weighted by atomic mass is 9.70. The Morgan fingerprint density at radius 2 is 2.24 bits per heavy atom. The molecule has 0 unspecified atom stereocenters. The summed E-state index contributed by atoms with van der Waals surface area (Å²) in [5.74, 6) is 0.0171. The number of carbonyl (C=O) groups is 1. The van der Waals surface area contributed by atoms with Crippen LogP contribution in [0.2, 0.25) is 0 Å². The van der Waals surface area contributed by atoms with E-state index in [4.69, 9.17) is 14.6 Å². The van der Waals surface area contributed by atoms with Crippen LogP contribution in [0.3, 0.4) is 0 Å². The van der Waals surface area contributed by atoms with E-state index in [0.29, 0.717) is 13.0 Å². The first-order valence-corrected chi connectivity index (χ1v) is 8.98. The molecule has 1 aromatic rings. The zero-order valence-corrected chi connectivity index (χ0v) is 14.4. The first kappa shape index (κ1) is 15.5. The predicted octanol–water partition coefficient (Wildman–Crippen LogP) is 1.46. The largest absolute Gasteiger partial charge is 0.390 e. The number of hydroxylamine groups is 1. The second-order valence-corrected chi connectivity index (χ2v) is 7.45. The van der Waals surface area contributed by atoms with Crippen LogP contribution in [-0.2, 0) is 19.8 Å². The number of amides is 1. The Balaban J connectivity index is 1.73. The van der Waals surface area contributed by atoms with Crippen LogP contribution >= 0.6 is 0 Å². The van der Waals surface area contributed by atoms with Gasteiger partial charge in [0, 0.05) is 17.5 Å². The van der Waals surface area contributed by atoms with Gasteiger partial charge in [0.1, 0.15) is 11.5 Å². The van der Waals surface area contributed by atoms with Crippen molar-refractivity contribution in [3.05, 3.63) is 29.8 Å². The number of fused-ring (bicyclic) bond motifs is 2. The van der Waals surface area contributed by atoms with Gasteiger partial charge in [-0.15, -0.1) is 0 Å². The molecule has 0 aromatic heterocycles. The molecule has 4 heterocycles. The summed E-state index contributed by atoms with van der Waals surface area (Å²) < 4.78 is 6.12. The molecule has 6 atom stereocenters. The van der Waals surface area contributed by atoms with Crippen LogP contribution in [0.4, 0.5) is 5.69 Å². The number of hydrogen-bond acceptors (Lipinski definition) is 5. The number of aliphatic hydroxyl groups excluding tert-OH is 1.